The van der Waals surface area contributed by atoms with Gasteiger partial charge in [-0.2, -0.15) is 0 Å². The molecule has 2 aromatic carbocycles. The normalized spacial score (nSPS) is 11.9. The topological polar surface area (TPSA) is 71.7 Å². The molecule has 0 radical (unpaired) electrons. The first-order valence-electron chi connectivity index (χ1n) is 7.46. The van der Waals surface area contributed by atoms with Crippen molar-refractivity contribution in [2.45, 2.75) is 11.4 Å². The lowest BCUT2D eigenvalue weighted by molar-refractivity contribution is 0.494. The Labute approximate surface area is 154 Å². The van der Waals surface area contributed by atoms with E-state index in [1.165, 1.54) is 0 Å². The van der Waals surface area contributed by atoms with Gasteiger partial charge in [0.1, 0.15) is 11.5 Å². The van der Waals surface area contributed by atoms with Crippen LogP contribution in [0.1, 0.15) is 11.5 Å². The number of hydrogen-bond acceptors (Lipinski definition) is 4. The lowest BCUT2D eigenvalue weighted by Crippen LogP contribution is -2.22. The van der Waals surface area contributed by atoms with Crippen LogP contribution in [0, 0.1) is 0 Å². The van der Waals surface area contributed by atoms with Crippen molar-refractivity contribution in [3.05, 3.63) is 82.7 Å². The van der Waals surface area contributed by atoms with Gasteiger partial charge in [-0.25, -0.2) is 13.1 Å². The zero-order valence-electron chi connectivity index (χ0n) is 13.1. The minimum absolute atomic E-state index is 0.0728. The minimum atomic E-state index is -3.56. The second kappa shape index (κ2) is 7.77. The molecule has 0 aliphatic carbocycles. The maximum absolute atomic E-state index is 12.2. The summed E-state index contributed by atoms with van der Waals surface area (Å²) in [6, 6.07) is 19.2. The number of rotatable bonds is 6. The lowest BCUT2D eigenvalue weighted by atomic mass is 10.3. The van der Waals surface area contributed by atoms with Gasteiger partial charge in [0.25, 0.3) is 0 Å². The highest BCUT2D eigenvalue weighted by atomic mass is 79.9. The Morgan fingerprint density at radius 3 is 2.44 bits per heavy atom. The van der Waals surface area contributed by atoms with Crippen LogP contribution in [0.5, 0.6) is 0 Å². The van der Waals surface area contributed by atoms with Crippen molar-refractivity contribution in [1.82, 2.24) is 4.72 Å². The SMILES string of the molecule is O=S(=O)(NCc1ccc(C=Nc2ccc(Br)cc2)o1)c1ccccc1. The minimum Gasteiger partial charge on any atom is -0.459 e. The van der Waals surface area contributed by atoms with Gasteiger partial charge in [-0.05, 0) is 48.5 Å². The molecule has 0 saturated carbocycles. The van der Waals surface area contributed by atoms with Crippen molar-refractivity contribution in [2.24, 2.45) is 4.99 Å². The number of nitrogens with zero attached hydrogens (tertiary/aromatic N) is 1. The number of furan rings is 1. The molecule has 25 heavy (non-hydrogen) atoms. The van der Waals surface area contributed by atoms with E-state index in [9.17, 15) is 8.42 Å². The van der Waals surface area contributed by atoms with E-state index in [1.54, 1.807) is 48.7 Å². The number of sulfonamides is 1. The summed E-state index contributed by atoms with van der Waals surface area (Å²) in [6.07, 6.45) is 1.60. The Morgan fingerprint density at radius 2 is 1.72 bits per heavy atom. The van der Waals surface area contributed by atoms with Crippen LogP contribution in [0.15, 0.2) is 85.5 Å². The third-order valence-electron chi connectivity index (χ3n) is 3.34. The molecular weight excluding hydrogens is 404 g/mol. The quantitative estimate of drug-likeness (QED) is 0.607. The van der Waals surface area contributed by atoms with Crippen molar-refractivity contribution in [3.8, 4) is 0 Å². The fourth-order valence-electron chi connectivity index (χ4n) is 2.07. The van der Waals surface area contributed by atoms with Crippen LogP contribution in [0.3, 0.4) is 0 Å². The molecule has 0 unspecified atom stereocenters. The summed E-state index contributed by atoms with van der Waals surface area (Å²) < 4.78 is 33.4. The van der Waals surface area contributed by atoms with E-state index >= 15 is 0 Å². The van der Waals surface area contributed by atoms with Gasteiger partial charge >= 0.3 is 0 Å². The van der Waals surface area contributed by atoms with E-state index in [1.807, 2.05) is 24.3 Å². The van der Waals surface area contributed by atoms with Crippen molar-refractivity contribution in [2.75, 3.05) is 0 Å². The average molecular weight is 419 g/mol. The highest BCUT2D eigenvalue weighted by Gasteiger charge is 2.13. The van der Waals surface area contributed by atoms with E-state index in [0.29, 0.717) is 11.5 Å². The Morgan fingerprint density at radius 1 is 1.00 bits per heavy atom. The number of benzene rings is 2. The van der Waals surface area contributed by atoms with Crippen LogP contribution >= 0.6 is 15.9 Å². The van der Waals surface area contributed by atoms with E-state index in [2.05, 4.69) is 25.6 Å². The summed E-state index contributed by atoms with van der Waals surface area (Å²) in [7, 11) is -3.56. The van der Waals surface area contributed by atoms with Gasteiger partial charge in [-0.3, -0.25) is 4.99 Å². The molecular formula is C18H15BrN2O3S. The summed E-state index contributed by atoms with van der Waals surface area (Å²) in [6.45, 7) is 0.0728. The van der Waals surface area contributed by atoms with E-state index in [-0.39, 0.29) is 11.4 Å². The zero-order valence-corrected chi connectivity index (χ0v) is 15.5. The maximum Gasteiger partial charge on any atom is 0.240 e. The number of hydrogen-bond donors (Lipinski definition) is 1. The van der Waals surface area contributed by atoms with Crippen molar-refractivity contribution < 1.29 is 12.8 Å². The zero-order chi connectivity index (χ0) is 17.7. The predicted octanol–water partition coefficient (Wildman–Crippen LogP) is 4.27. The second-order valence-electron chi connectivity index (χ2n) is 5.18. The van der Waals surface area contributed by atoms with Crippen LogP contribution < -0.4 is 4.72 Å². The predicted molar refractivity (Wildman–Crippen MR) is 101 cm³/mol. The molecule has 128 valence electrons. The first-order chi connectivity index (χ1) is 12.0. The van der Waals surface area contributed by atoms with Gasteiger partial charge in [0.15, 0.2) is 0 Å². The standard InChI is InChI=1S/C18H15BrN2O3S/c19-14-6-8-15(9-7-14)20-12-16-10-11-17(24-16)13-21-25(22,23)18-4-2-1-3-5-18/h1-12,21H,13H2. The van der Waals surface area contributed by atoms with E-state index in [0.717, 1.165) is 10.2 Å². The monoisotopic (exact) mass is 418 g/mol. The molecule has 1 aromatic heterocycles. The molecule has 3 rings (SSSR count). The first kappa shape index (κ1) is 17.6. The van der Waals surface area contributed by atoms with Gasteiger partial charge < -0.3 is 4.42 Å². The summed E-state index contributed by atoms with van der Waals surface area (Å²) >= 11 is 3.37. The Bertz CT molecular complexity index is 965. The molecule has 0 aliphatic rings. The number of aliphatic imine (C=N–C) groups is 1. The van der Waals surface area contributed by atoms with Crippen molar-refractivity contribution in [3.63, 3.8) is 0 Å². The highest BCUT2D eigenvalue weighted by Crippen LogP contribution is 2.17. The maximum atomic E-state index is 12.2. The summed E-state index contributed by atoms with van der Waals surface area (Å²) in [5, 5.41) is 0. The third kappa shape index (κ3) is 4.88. The average Bonchev–Trinajstić information content (AvgIpc) is 3.08. The number of nitrogens with one attached hydrogen (secondary N) is 1. The molecule has 0 saturated heterocycles. The fourth-order valence-corrected chi connectivity index (χ4v) is 3.35. The van der Waals surface area contributed by atoms with Crippen LogP contribution in [0.25, 0.3) is 0 Å². The largest absolute Gasteiger partial charge is 0.459 e. The van der Waals surface area contributed by atoms with Crippen molar-refractivity contribution in [1.29, 1.82) is 0 Å². The van der Waals surface area contributed by atoms with E-state index < -0.39 is 10.0 Å². The van der Waals surface area contributed by atoms with Crippen molar-refractivity contribution >= 4 is 37.9 Å². The van der Waals surface area contributed by atoms with Crippen LogP contribution in [0.2, 0.25) is 0 Å². The molecule has 1 N–H and O–H groups in total. The Balaban J connectivity index is 1.63. The van der Waals surface area contributed by atoms with Gasteiger partial charge in [0.2, 0.25) is 10.0 Å². The molecule has 0 aliphatic heterocycles. The first-order valence-corrected chi connectivity index (χ1v) is 9.74. The fraction of sp³-hybridized carbons (Fsp3) is 0.0556. The molecule has 0 amide bonds. The molecule has 0 spiro atoms. The third-order valence-corrected chi connectivity index (χ3v) is 5.29. The number of halogens is 1. The van der Waals surface area contributed by atoms with Crippen LogP contribution in [0.4, 0.5) is 5.69 Å². The molecule has 3 aromatic rings. The molecule has 0 atom stereocenters. The smallest absolute Gasteiger partial charge is 0.240 e. The van der Waals surface area contributed by atoms with Gasteiger partial charge in [-0.15, -0.1) is 0 Å². The molecule has 5 nitrogen and oxygen atoms in total. The molecule has 1 heterocycles. The van der Waals surface area contributed by atoms with E-state index in [4.69, 9.17) is 4.42 Å². The molecule has 0 fully saturated rings. The summed E-state index contributed by atoms with van der Waals surface area (Å²) in [5.41, 5.74) is 0.797. The summed E-state index contributed by atoms with van der Waals surface area (Å²) in [4.78, 5) is 4.53. The Kier molecular flexibility index (Phi) is 5.47. The van der Waals surface area contributed by atoms with Gasteiger partial charge in [0, 0.05) is 4.47 Å². The van der Waals surface area contributed by atoms with Gasteiger partial charge in [-0.1, -0.05) is 34.1 Å². The van der Waals surface area contributed by atoms with Crippen LogP contribution in [-0.2, 0) is 16.6 Å². The Hall–Kier alpha value is -2.22. The molecule has 7 heteroatoms. The van der Waals surface area contributed by atoms with Gasteiger partial charge in [0.05, 0.1) is 23.3 Å². The summed E-state index contributed by atoms with van der Waals surface area (Å²) in [5.74, 6) is 1.06. The second-order valence-corrected chi connectivity index (χ2v) is 7.86. The lowest BCUT2D eigenvalue weighted by Gasteiger charge is -2.04. The highest BCUT2D eigenvalue weighted by molar-refractivity contribution is 9.10. The van der Waals surface area contributed by atoms with Crippen LogP contribution in [-0.4, -0.2) is 14.6 Å². The molecule has 0 bridgehead atoms.